The van der Waals surface area contributed by atoms with Crippen molar-refractivity contribution < 1.29 is 19.2 Å². The van der Waals surface area contributed by atoms with Crippen LogP contribution in [-0.2, 0) is 20.9 Å². The number of nitrogens with one attached hydrogen (secondary N) is 2. The van der Waals surface area contributed by atoms with Gasteiger partial charge in [-0.25, -0.2) is 0 Å². The summed E-state index contributed by atoms with van der Waals surface area (Å²) < 4.78 is 0. The van der Waals surface area contributed by atoms with Gasteiger partial charge in [-0.1, -0.05) is 18.7 Å². The summed E-state index contributed by atoms with van der Waals surface area (Å²) in [6, 6.07) is 6.13. The lowest BCUT2D eigenvalue weighted by Crippen LogP contribution is -2.45. The van der Waals surface area contributed by atoms with E-state index in [2.05, 4.69) is 17.2 Å². The first-order valence-electron chi connectivity index (χ1n) is 8.15. The van der Waals surface area contributed by atoms with E-state index in [1.165, 1.54) is 11.0 Å². The van der Waals surface area contributed by atoms with Gasteiger partial charge < -0.3 is 10.2 Å². The predicted octanol–water partition coefficient (Wildman–Crippen LogP) is 0.508. The van der Waals surface area contributed by atoms with Gasteiger partial charge in [-0.15, -0.1) is 0 Å². The Morgan fingerprint density at radius 3 is 2.44 bits per heavy atom. The van der Waals surface area contributed by atoms with E-state index in [0.717, 1.165) is 18.4 Å². The molecule has 4 amide bonds. The quantitative estimate of drug-likeness (QED) is 0.582. The molecule has 0 spiro atoms. The van der Waals surface area contributed by atoms with E-state index in [0.29, 0.717) is 12.1 Å². The van der Waals surface area contributed by atoms with E-state index in [-0.39, 0.29) is 30.2 Å². The van der Waals surface area contributed by atoms with Crippen LogP contribution in [0.5, 0.6) is 0 Å². The van der Waals surface area contributed by atoms with Gasteiger partial charge in [0, 0.05) is 18.2 Å². The van der Waals surface area contributed by atoms with Gasteiger partial charge in [0.05, 0.1) is 6.42 Å². The lowest BCUT2D eigenvalue weighted by atomic mass is 10.1. The van der Waals surface area contributed by atoms with Crippen LogP contribution in [0.4, 0.5) is 0 Å². The Balaban J connectivity index is 1.72. The first-order valence-corrected chi connectivity index (χ1v) is 8.15. The van der Waals surface area contributed by atoms with Gasteiger partial charge in [-0.3, -0.25) is 24.5 Å². The molecule has 1 aliphatic heterocycles. The normalized spacial score (nSPS) is 19.3. The average Bonchev–Trinajstić information content (AvgIpc) is 3.38. The van der Waals surface area contributed by atoms with Crippen LogP contribution in [0.2, 0.25) is 0 Å². The van der Waals surface area contributed by atoms with E-state index in [4.69, 9.17) is 0 Å². The van der Waals surface area contributed by atoms with Crippen molar-refractivity contribution in [3.63, 3.8) is 0 Å². The number of hydrogen-bond donors (Lipinski definition) is 2. The van der Waals surface area contributed by atoms with Gasteiger partial charge >= 0.3 is 0 Å². The van der Waals surface area contributed by atoms with E-state index in [1.54, 1.807) is 24.3 Å². The molecule has 7 heteroatoms. The Morgan fingerprint density at radius 2 is 1.92 bits per heavy atom. The minimum absolute atomic E-state index is 0.0145. The van der Waals surface area contributed by atoms with E-state index < -0.39 is 11.9 Å². The highest BCUT2D eigenvalue weighted by Crippen LogP contribution is 2.32. The molecule has 0 radical (unpaired) electrons. The molecular weight excluding hydrogens is 322 g/mol. The van der Waals surface area contributed by atoms with Crippen LogP contribution in [0.1, 0.15) is 35.2 Å². The first-order chi connectivity index (χ1) is 12.0. The maximum atomic E-state index is 12.8. The Labute approximate surface area is 145 Å². The van der Waals surface area contributed by atoms with Crippen LogP contribution >= 0.6 is 0 Å². The highest BCUT2D eigenvalue weighted by Gasteiger charge is 2.44. The van der Waals surface area contributed by atoms with Gasteiger partial charge in [-0.05, 0) is 36.6 Å². The summed E-state index contributed by atoms with van der Waals surface area (Å²) in [4.78, 5) is 49.0. The number of benzene rings is 1. The minimum atomic E-state index is -0.723. The largest absolute Gasteiger partial charge is 0.348 e. The van der Waals surface area contributed by atoms with Crippen LogP contribution < -0.4 is 10.6 Å². The Kier molecular flexibility index (Phi) is 4.65. The smallest absolute Gasteiger partial charge is 0.254 e. The lowest BCUT2D eigenvalue weighted by molar-refractivity contribution is -0.126. The molecule has 7 nitrogen and oxygen atoms in total. The summed E-state index contributed by atoms with van der Waals surface area (Å²) in [5.41, 5.74) is 1.30. The molecule has 1 unspecified atom stereocenters. The number of hydrogen-bond acceptors (Lipinski definition) is 4. The molecule has 1 saturated heterocycles. The molecule has 1 aromatic rings. The molecule has 25 heavy (non-hydrogen) atoms. The molecule has 2 N–H and O–H groups in total. The molecule has 1 aromatic carbocycles. The van der Waals surface area contributed by atoms with Crippen LogP contribution in [0.25, 0.3) is 0 Å². The summed E-state index contributed by atoms with van der Waals surface area (Å²) in [5, 5.41) is 4.92. The van der Waals surface area contributed by atoms with Crippen LogP contribution in [0, 0.1) is 0 Å². The third-order valence-corrected chi connectivity index (χ3v) is 4.31. The molecule has 1 saturated carbocycles. The molecule has 2 fully saturated rings. The zero-order valence-electron chi connectivity index (χ0n) is 13.7. The van der Waals surface area contributed by atoms with E-state index >= 15 is 0 Å². The fraction of sp³-hybridized carbons (Fsp3) is 0.333. The number of nitrogens with zero attached hydrogens (tertiary/aromatic N) is 1. The van der Waals surface area contributed by atoms with Crippen LogP contribution in [0.15, 0.2) is 36.9 Å². The SMILES string of the molecule is C=CC(=O)NCc1ccc(C(=O)N(C2CC2)C2CC(=O)NC2=O)cc1. The van der Waals surface area contributed by atoms with Crippen LogP contribution in [0.3, 0.4) is 0 Å². The summed E-state index contributed by atoms with van der Waals surface area (Å²) in [6.07, 6.45) is 2.90. The monoisotopic (exact) mass is 341 g/mol. The molecule has 0 aromatic heterocycles. The number of rotatable bonds is 6. The second-order valence-electron chi connectivity index (χ2n) is 6.19. The maximum absolute atomic E-state index is 12.8. The fourth-order valence-electron chi connectivity index (χ4n) is 2.85. The number of amides is 4. The predicted molar refractivity (Wildman–Crippen MR) is 89.2 cm³/mol. The summed E-state index contributed by atoms with van der Waals surface area (Å²) in [5.74, 6) is -1.27. The van der Waals surface area contributed by atoms with Crippen molar-refractivity contribution in [3.8, 4) is 0 Å². The van der Waals surface area contributed by atoms with Gasteiger partial charge in [0.1, 0.15) is 6.04 Å². The van der Waals surface area contributed by atoms with Crippen molar-refractivity contribution in [3.05, 3.63) is 48.0 Å². The lowest BCUT2D eigenvalue weighted by Gasteiger charge is -2.26. The van der Waals surface area contributed by atoms with Crippen molar-refractivity contribution in [2.45, 2.75) is 37.9 Å². The first kappa shape index (κ1) is 16.9. The fourth-order valence-corrected chi connectivity index (χ4v) is 2.85. The second-order valence-corrected chi connectivity index (χ2v) is 6.19. The van der Waals surface area contributed by atoms with Gasteiger partial charge in [-0.2, -0.15) is 0 Å². The number of imide groups is 1. The Hall–Kier alpha value is -2.96. The average molecular weight is 341 g/mol. The highest BCUT2D eigenvalue weighted by molar-refractivity contribution is 6.08. The number of carbonyl (C=O) groups excluding carboxylic acids is 4. The summed E-state index contributed by atoms with van der Waals surface area (Å²) in [7, 11) is 0. The summed E-state index contributed by atoms with van der Waals surface area (Å²) in [6.45, 7) is 3.72. The third-order valence-electron chi connectivity index (χ3n) is 4.31. The highest BCUT2D eigenvalue weighted by atomic mass is 16.2. The summed E-state index contributed by atoms with van der Waals surface area (Å²) >= 11 is 0. The van der Waals surface area contributed by atoms with Gasteiger partial charge in [0.15, 0.2) is 0 Å². The molecule has 1 heterocycles. The zero-order valence-corrected chi connectivity index (χ0v) is 13.7. The van der Waals surface area contributed by atoms with Crippen molar-refractivity contribution in [1.82, 2.24) is 15.5 Å². The molecule has 0 bridgehead atoms. The molecular formula is C18H19N3O4. The van der Waals surface area contributed by atoms with E-state index in [9.17, 15) is 19.2 Å². The van der Waals surface area contributed by atoms with Crippen molar-refractivity contribution in [1.29, 1.82) is 0 Å². The molecule has 1 aliphatic carbocycles. The van der Waals surface area contributed by atoms with Gasteiger partial charge in [0.25, 0.3) is 5.91 Å². The molecule has 3 rings (SSSR count). The zero-order chi connectivity index (χ0) is 18.0. The van der Waals surface area contributed by atoms with Crippen LogP contribution in [-0.4, -0.2) is 40.6 Å². The van der Waals surface area contributed by atoms with E-state index in [1.807, 2.05) is 0 Å². The van der Waals surface area contributed by atoms with Crippen molar-refractivity contribution in [2.75, 3.05) is 0 Å². The van der Waals surface area contributed by atoms with Crippen molar-refractivity contribution in [2.24, 2.45) is 0 Å². The third kappa shape index (κ3) is 3.76. The van der Waals surface area contributed by atoms with Crippen molar-refractivity contribution >= 4 is 23.6 Å². The second kappa shape index (κ2) is 6.88. The van der Waals surface area contributed by atoms with Gasteiger partial charge in [0.2, 0.25) is 17.7 Å². The Bertz CT molecular complexity index is 737. The number of carbonyl (C=O) groups is 4. The molecule has 2 aliphatic rings. The Morgan fingerprint density at radius 1 is 1.24 bits per heavy atom. The standard InChI is InChI=1S/C18H19N3O4/c1-2-15(22)19-10-11-3-5-12(6-4-11)18(25)21(13-7-8-13)14-9-16(23)20-17(14)24/h2-6,13-14H,1,7-10H2,(H,19,22)(H,20,23,24). The molecule has 1 atom stereocenters. The maximum Gasteiger partial charge on any atom is 0.254 e. The topological polar surface area (TPSA) is 95.6 Å². The molecule has 130 valence electrons. The minimum Gasteiger partial charge on any atom is -0.348 e.